The van der Waals surface area contributed by atoms with Crippen LogP contribution in [-0.2, 0) is 13.1 Å². The van der Waals surface area contributed by atoms with Crippen molar-refractivity contribution in [1.29, 1.82) is 0 Å². The maximum absolute atomic E-state index is 13.5. The van der Waals surface area contributed by atoms with E-state index in [4.69, 9.17) is 4.74 Å². The fourth-order valence-electron chi connectivity index (χ4n) is 3.68. The lowest BCUT2D eigenvalue weighted by Crippen LogP contribution is -2.52. The molecule has 1 heterocycles. The Balaban J connectivity index is 1.65. The molecule has 0 bridgehead atoms. The van der Waals surface area contributed by atoms with Gasteiger partial charge in [-0.15, -0.1) is 0 Å². The van der Waals surface area contributed by atoms with Crippen molar-refractivity contribution in [2.75, 3.05) is 33.4 Å². The number of hydrogen-bond acceptors (Lipinski definition) is 5. The molecule has 1 unspecified atom stereocenters. The number of piperazine rings is 1. The van der Waals surface area contributed by atoms with Gasteiger partial charge in [0, 0.05) is 45.4 Å². The van der Waals surface area contributed by atoms with Crippen molar-refractivity contribution in [3.8, 4) is 11.5 Å². The van der Waals surface area contributed by atoms with Gasteiger partial charge in [0.1, 0.15) is 0 Å². The lowest BCUT2D eigenvalue weighted by molar-refractivity contribution is 0.0498. The zero-order valence-electron chi connectivity index (χ0n) is 15.9. The van der Waals surface area contributed by atoms with Gasteiger partial charge in [-0.2, -0.15) is 0 Å². The molecule has 1 fully saturated rings. The minimum Gasteiger partial charge on any atom is -0.504 e. The molecule has 1 aliphatic rings. The number of phenols is 1. The second-order valence-electron chi connectivity index (χ2n) is 7.13. The average molecular weight is 392 g/mol. The molecule has 0 spiro atoms. The maximum Gasteiger partial charge on any atom is 0.160 e. The molecule has 152 valence electrons. The van der Waals surface area contributed by atoms with Gasteiger partial charge in [0.05, 0.1) is 7.11 Å². The molecule has 28 heavy (non-hydrogen) atoms. The number of ether oxygens (including phenoxy) is 1. The highest BCUT2D eigenvalue weighted by Gasteiger charge is 2.27. The van der Waals surface area contributed by atoms with Gasteiger partial charge < -0.3 is 14.9 Å². The van der Waals surface area contributed by atoms with E-state index in [0.29, 0.717) is 25.3 Å². The van der Waals surface area contributed by atoms with Crippen molar-refractivity contribution in [2.24, 2.45) is 0 Å². The van der Waals surface area contributed by atoms with Gasteiger partial charge in [-0.3, -0.25) is 9.80 Å². The summed E-state index contributed by atoms with van der Waals surface area (Å²) in [5, 5.41) is 19.2. The van der Waals surface area contributed by atoms with E-state index in [1.165, 1.54) is 13.2 Å². The highest BCUT2D eigenvalue weighted by Crippen LogP contribution is 2.27. The molecular weight excluding hydrogens is 366 g/mol. The Bertz CT molecular complexity index is 803. The number of methoxy groups -OCH3 is 1. The van der Waals surface area contributed by atoms with Crippen LogP contribution in [0.25, 0.3) is 0 Å². The van der Waals surface area contributed by atoms with Gasteiger partial charge >= 0.3 is 0 Å². The Morgan fingerprint density at radius 2 is 1.79 bits per heavy atom. The van der Waals surface area contributed by atoms with Crippen LogP contribution < -0.4 is 4.74 Å². The average Bonchev–Trinajstić information content (AvgIpc) is 2.68. The Morgan fingerprint density at radius 3 is 2.50 bits per heavy atom. The van der Waals surface area contributed by atoms with E-state index in [-0.39, 0.29) is 18.4 Å². The van der Waals surface area contributed by atoms with Crippen molar-refractivity contribution in [3.63, 3.8) is 0 Å². The standard InChI is InChI=1S/C21H26F2N2O3/c1-28-21-11-16(3-5-20(21)27)12-24-7-8-25(17(14-24)6-9-26)13-15-2-4-18(22)19(23)10-15/h2-5,10-11,17,26-27H,6-9,12-14H2,1H3. The summed E-state index contributed by atoms with van der Waals surface area (Å²) >= 11 is 0. The summed E-state index contributed by atoms with van der Waals surface area (Å²) in [5.41, 5.74) is 1.75. The SMILES string of the molecule is COc1cc(CN2CCN(Cc3ccc(F)c(F)c3)C(CCO)C2)ccc1O. The topological polar surface area (TPSA) is 56.2 Å². The molecule has 2 aromatic carbocycles. The van der Waals surface area contributed by atoms with Crippen LogP contribution in [0.1, 0.15) is 17.5 Å². The number of aromatic hydroxyl groups is 1. The minimum atomic E-state index is -0.843. The maximum atomic E-state index is 13.5. The van der Waals surface area contributed by atoms with Crippen LogP contribution in [0.2, 0.25) is 0 Å². The first-order valence-electron chi connectivity index (χ1n) is 9.37. The molecule has 7 heteroatoms. The Morgan fingerprint density at radius 1 is 1.04 bits per heavy atom. The van der Waals surface area contributed by atoms with E-state index in [2.05, 4.69) is 9.80 Å². The second-order valence-corrected chi connectivity index (χ2v) is 7.13. The highest BCUT2D eigenvalue weighted by molar-refractivity contribution is 5.41. The van der Waals surface area contributed by atoms with Crippen molar-refractivity contribution < 1.29 is 23.7 Å². The molecule has 0 aromatic heterocycles. The van der Waals surface area contributed by atoms with Gasteiger partial charge in [-0.25, -0.2) is 8.78 Å². The molecule has 1 aliphatic heterocycles. The molecule has 0 radical (unpaired) electrons. The molecule has 0 aliphatic carbocycles. The summed E-state index contributed by atoms with van der Waals surface area (Å²) in [5.74, 6) is -1.12. The Hall–Kier alpha value is -2.22. The Labute approximate surface area is 163 Å². The first kappa shape index (κ1) is 20.5. The lowest BCUT2D eigenvalue weighted by atomic mass is 10.1. The molecule has 2 aromatic rings. The number of aliphatic hydroxyl groups is 1. The quantitative estimate of drug-likeness (QED) is 0.759. The number of benzene rings is 2. The molecule has 0 amide bonds. The van der Waals surface area contributed by atoms with Gasteiger partial charge in [-0.05, 0) is 41.8 Å². The molecule has 2 N–H and O–H groups in total. The number of rotatable bonds is 7. The predicted molar refractivity (Wildman–Crippen MR) is 102 cm³/mol. The van der Waals surface area contributed by atoms with Crippen molar-refractivity contribution in [2.45, 2.75) is 25.6 Å². The zero-order chi connectivity index (χ0) is 20.1. The van der Waals surface area contributed by atoms with Gasteiger partial charge in [0.2, 0.25) is 0 Å². The fourth-order valence-corrected chi connectivity index (χ4v) is 3.68. The van der Waals surface area contributed by atoms with Crippen molar-refractivity contribution >= 4 is 0 Å². The minimum absolute atomic E-state index is 0.0693. The van der Waals surface area contributed by atoms with E-state index < -0.39 is 11.6 Å². The molecule has 5 nitrogen and oxygen atoms in total. The number of halogens is 2. The summed E-state index contributed by atoms with van der Waals surface area (Å²) in [6, 6.07) is 9.42. The van der Waals surface area contributed by atoms with E-state index >= 15 is 0 Å². The molecule has 1 saturated heterocycles. The number of phenolic OH excluding ortho intramolecular Hbond substituents is 1. The summed E-state index contributed by atoms with van der Waals surface area (Å²) in [7, 11) is 1.52. The van der Waals surface area contributed by atoms with E-state index in [0.717, 1.165) is 36.8 Å². The van der Waals surface area contributed by atoms with Crippen LogP contribution in [0.15, 0.2) is 36.4 Å². The van der Waals surface area contributed by atoms with E-state index in [1.807, 2.05) is 12.1 Å². The smallest absolute Gasteiger partial charge is 0.160 e. The van der Waals surface area contributed by atoms with E-state index in [1.54, 1.807) is 12.1 Å². The Kier molecular flexibility index (Phi) is 6.83. The third kappa shape index (κ3) is 4.98. The number of aliphatic hydroxyl groups excluding tert-OH is 1. The summed E-state index contributed by atoms with van der Waals surface area (Å²) < 4.78 is 31.8. The van der Waals surface area contributed by atoms with Gasteiger partial charge in [0.25, 0.3) is 0 Å². The lowest BCUT2D eigenvalue weighted by Gasteiger charge is -2.41. The first-order valence-corrected chi connectivity index (χ1v) is 9.37. The normalized spacial score (nSPS) is 18.4. The first-order chi connectivity index (χ1) is 13.5. The number of nitrogens with zero attached hydrogens (tertiary/aromatic N) is 2. The fraction of sp³-hybridized carbons (Fsp3) is 0.429. The third-order valence-corrected chi connectivity index (χ3v) is 5.17. The molecule has 0 saturated carbocycles. The van der Waals surface area contributed by atoms with Crippen molar-refractivity contribution in [1.82, 2.24) is 9.80 Å². The second kappa shape index (κ2) is 9.32. The third-order valence-electron chi connectivity index (χ3n) is 5.17. The monoisotopic (exact) mass is 392 g/mol. The van der Waals surface area contributed by atoms with Gasteiger partial charge in [0.15, 0.2) is 23.1 Å². The van der Waals surface area contributed by atoms with Gasteiger partial charge in [-0.1, -0.05) is 12.1 Å². The van der Waals surface area contributed by atoms with Crippen molar-refractivity contribution in [3.05, 3.63) is 59.2 Å². The molecule has 3 rings (SSSR count). The largest absolute Gasteiger partial charge is 0.504 e. The van der Waals surface area contributed by atoms with E-state index in [9.17, 15) is 19.0 Å². The van der Waals surface area contributed by atoms with Crippen LogP contribution in [-0.4, -0.2) is 59.4 Å². The highest BCUT2D eigenvalue weighted by atomic mass is 19.2. The van der Waals surface area contributed by atoms with Crippen LogP contribution in [0, 0.1) is 11.6 Å². The summed E-state index contributed by atoms with van der Waals surface area (Å²) in [6.45, 7) is 3.63. The van der Waals surface area contributed by atoms with Crippen LogP contribution >= 0.6 is 0 Å². The van der Waals surface area contributed by atoms with Crippen LogP contribution in [0.5, 0.6) is 11.5 Å². The van der Waals surface area contributed by atoms with Crippen LogP contribution in [0.3, 0.4) is 0 Å². The molecular formula is C21H26F2N2O3. The molecule has 1 atom stereocenters. The summed E-state index contributed by atoms with van der Waals surface area (Å²) in [6.07, 6.45) is 0.610. The number of hydrogen-bond donors (Lipinski definition) is 2. The van der Waals surface area contributed by atoms with Crippen LogP contribution in [0.4, 0.5) is 8.78 Å². The summed E-state index contributed by atoms with van der Waals surface area (Å²) in [4.78, 5) is 4.49. The predicted octanol–water partition coefficient (Wildman–Crippen LogP) is 2.75. The zero-order valence-corrected chi connectivity index (χ0v) is 15.9.